The Morgan fingerprint density at radius 1 is 1.33 bits per heavy atom. The van der Waals surface area contributed by atoms with Gasteiger partial charge in [-0.3, -0.25) is 4.79 Å². The lowest BCUT2D eigenvalue weighted by Gasteiger charge is -2.08. The number of allylic oxidation sites excluding steroid dienone is 1. The molecule has 0 fully saturated rings. The predicted molar refractivity (Wildman–Crippen MR) is 62.6 cm³/mol. The maximum absolute atomic E-state index is 10.7. The molecular weight excluding hydrogens is 258 g/mol. The number of benzene rings is 1. The Bertz CT molecular complexity index is 357. The number of hydrogen-bond donors (Lipinski definition) is 0. The fraction of sp³-hybridized carbons (Fsp3) is 0.182. The molecule has 80 valence electrons. The van der Waals surface area contributed by atoms with Crippen molar-refractivity contribution in [1.82, 2.24) is 4.90 Å². The molecule has 0 radical (unpaired) electrons. The van der Waals surface area contributed by atoms with Crippen LogP contribution in [0.2, 0.25) is 0 Å². The van der Waals surface area contributed by atoms with Gasteiger partial charge in [-0.15, -0.1) is 0 Å². The minimum Gasteiger partial charge on any atom is -0.452 e. The van der Waals surface area contributed by atoms with Crippen molar-refractivity contribution < 1.29 is 9.53 Å². The fourth-order valence-electron chi connectivity index (χ4n) is 0.974. The van der Waals surface area contributed by atoms with Crippen LogP contribution in [-0.4, -0.2) is 25.3 Å². The first kappa shape index (κ1) is 11.8. The molecule has 1 aromatic rings. The maximum Gasteiger partial charge on any atom is 0.186 e. The van der Waals surface area contributed by atoms with Gasteiger partial charge in [0.1, 0.15) is 5.75 Å². The van der Waals surface area contributed by atoms with Gasteiger partial charge in [0, 0.05) is 24.8 Å². The van der Waals surface area contributed by atoms with E-state index in [-0.39, 0.29) is 5.76 Å². The van der Waals surface area contributed by atoms with Crippen molar-refractivity contribution in [2.45, 2.75) is 0 Å². The van der Waals surface area contributed by atoms with Crippen molar-refractivity contribution in [3.63, 3.8) is 0 Å². The number of aldehydes is 1. The van der Waals surface area contributed by atoms with Crippen LogP contribution >= 0.6 is 15.9 Å². The SMILES string of the molecule is CN(C)C=C(C=O)Oc1ccc(Br)cc1. The van der Waals surface area contributed by atoms with Crippen molar-refractivity contribution in [1.29, 1.82) is 0 Å². The normalized spacial score (nSPS) is 11.0. The van der Waals surface area contributed by atoms with Gasteiger partial charge in [0.05, 0.1) is 0 Å². The molecule has 0 aromatic heterocycles. The summed E-state index contributed by atoms with van der Waals surface area (Å²) in [5, 5.41) is 0. The second-order valence-corrected chi connectivity index (χ2v) is 4.08. The molecule has 0 saturated carbocycles. The van der Waals surface area contributed by atoms with Gasteiger partial charge in [0.2, 0.25) is 0 Å². The zero-order valence-electron chi connectivity index (χ0n) is 8.61. The summed E-state index contributed by atoms with van der Waals surface area (Å²) in [4.78, 5) is 12.4. The lowest BCUT2D eigenvalue weighted by atomic mass is 10.3. The van der Waals surface area contributed by atoms with Crippen molar-refractivity contribution in [3.05, 3.63) is 40.7 Å². The van der Waals surface area contributed by atoms with E-state index in [1.165, 1.54) is 0 Å². The third-order valence-corrected chi connectivity index (χ3v) is 2.08. The molecule has 0 bridgehead atoms. The topological polar surface area (TPSA) is 29.5 Å². The molecule has 0 heterocycles. The van der Waals surface area contributed by atoms with Gasteiger partial charge in [-0.2, -0.15) is 0 Å². The van der Waals surface area contributed by atoms with E-state index >= 15 is 0 Å². The highest BCUT2D eigenvalue weighted by molar-refractivity contribution is 9.10. The van der Waals surface area contributed by atoms with Crippen molar-refractivity contribution in [2.24, 2.45) is 0 Å². The number of rotatable bonds is 4. The van der Waals surface area contributed by atoms with Crippen molar-refractivity contribution in [3.8, 4) is 5.75 Å². The highest BCUT2D eigenvalue weighted by Crippen LogP contribution is 2.17. The molecule has 0 aliphatic rings. The van der Waals surface area contributed by atoms with E-state index in [9.17, 15) is 4.79 Å². The average Bonchev–Trinajstić information content (AvgIpc) is 2.19. The van der Waals surface area contributed by atoms with Gasteiger partial charge >= 0.3 is 0 Å². The summed E-state index contributed by atoms with van der Waals surface area (Å²) in [5.74, 6) is 0.917. The number of halogens is 1. The molecule has 0 saturated heterocycles. The quantitative estimate of drug-likeness (QED) is 0.478. The van der Waals surface area contributed by atoms with Gasteiger partial charge in [-0.25, -0.2) is 0 Å². The van der Waals surface area contributed by atoms with Crippen LogP contribution in [0, 0.1) is 0 Å². The zero-order valence-corrected chi connectivity index (χ0v) is 10.2. The Labute approximate surface area is 97.5 Å². The average molecular weight is 270 g/mol. The molecule has 0 N–H and O–H groups in total. The minimum absolute atomic E-state index is 0.280. The lowest BCUT2D eigenvalue weighted by molar-refractivity contribution is -0.106. The van der Waals surface area contributed by atoms with E-state index in [1.807, 2.05) is 26.2 Å². The molecule has 0 spiro atoms. The largest absolute Gasteiger partial charge is 0.452 e. The maximum atomic E-state index is 10.7. The van der Waals surface area contributed by atoms with Crippen LogP contribution in [0.3, 0.4) is 0 Å². The second-order valence-electron chi connectivity index (χ2n) is 3.17. The lowest BCUT2D eigenvalue weighted by Crippen LogP contribution is -2.07. The van der Waals surface area contributed by atoms with Crippen LogP contribution in [0.4, 0.5) is 0 Å². The van der Waals surface area contributed by atoms with Crippen LogP contribution < -0.4 is 4.74 Å². The Hall–Kier alpha value is -1.29. The molecule has 0 amide bonds. The smallest absolute Gasteiger partial charge is 0.186 e. The molecule has 15 heavy (non-hydrogen) atoms. The number of hydrogen-bond acceptors (Lipinski definition) is 3. The van der Waals surface area contributed by atoms with E-state index in [0.29, 0.717) is 12.0 Å². The first-order valence-corrected chi connectivity index (χ1v) is 5.18. The van der Waals surface area contributed by atoms with E-state index in [0.717, 1.165) is 4.47 Å². The van der Waals surface area contributed by atoms with Crippen molar-refractivity contribution >= 4 is 22.2 Å². The molecule has 3 nitrogen and oxygen atoms in total. The summed E-state index contributed by atoms with van der Waals surface area (Å²) in [5.41, 5.74) is 0. The third-order valence-electron chi connectivity index (χ3n) is 1.55. The van der Waals surface area contributed by atoms with Crippen LogP contribution in [0.25, 0.3) is 0 Å². The van der Waals surface area contributed by atoms with Gasteiger partial charge in [-0.05, 0) is 24.3 Å². The van der Waals surface area contributed by atoms with E-state index in [1.54, 1.807) is 23.2 Å². The molecule has 0 aliphatic carbocycles. The van der Waals surface area contributed by atoms with E-state index < -0.39 is 0 Å². The van der Waals surface area contributed by atoms with Gasteiger partial charge in [0.25, 0.3) is 0 Å². The van der Waals surface area contributed by atoms with Crippen LogP contribution in [0.1, 0.15) is 0 Å². The molecule has 1 rings (SSSR count). The molecule has 4 heteroatoms. The first-order chi connectivity index (χ1) is 7.11. The monoisotopic (exact) mass is 269 g/mol. The highest BCUT2D eigenvalue weighted by Gasteiger charge is 1.99. The number of carbonyl (C=O) groups is 1. The molecule has 0 unspecified atom stereocenters. The number of carbonyl (C=O) groups excluding carboxylic acids is 1. The Morgan fingerprint density at radius 3 is 2.40 bits per heavy atom. The molecule has 0 aliphatic heterocycles. The van der Waals surface area contributed by atoms with Crippen molar-refractivity contribution in [2.75, 3.05) is 14.1 Å². The van der Waals surface area contributed by atoms with Crippen LogP contribution in [-0.2, 0) is 4.79 Å². The Kier molecular flexibility index (Phi) is 4.37. The molecular formula is C11H12BrNO2. The number of ether oxygens (including phenoxy) is 1. The minimum atomic E-state index is 0.280. The summed E-state index contributed by atoms with van der Waals surface area (Å²) in [7, 11) is 3.66. The van der Waals surface area contributed by atoms with Gasteiger partial charge in [-0.1, -0.05) is 15.9 Å². The third kappa shape index (κ3) is 4.16. The number of nitrogens with zero attached hydrogens (tertiary/aromatic N) is 1. The summed E-state index contributed by atoms with van der Waals surface area (Å²) in [6, 6.07) is 7.29. The summed E-state index contributed by atoms with van der Waals surface area (Å²) < 4.78 is 6.33. The van der Waals surface area contributed by atoms with Crippen LogP contribution in [0.5, 0.6) is 5.75 Å². The second kappa shape index (κ2) is 5.56. The first-order valence-electron chi connectivity index (χ1n) is 4.38. The standard InChI is InChI=1S/C11H12BrNO2/c1-13(2)7-11(8-14)15-10-5-3-9(12)4-6-10/h3-8H,1-2H3. The van der Waals surface area contributed by atoms with Crippen LogP contribution in [0.15, 0.2) is 40.7 Å². The van der Waals surface area contributed by atoms with Gasteiger partial charge < -0.3 is 9.64 Å². The summed E-state index contributed by atoms with van der Waals surface area (Å²) >= 11 is 3.32. The summed E-state index contributed by atoms with van der Waals surface area (Å²) in [6.07, 6.45) is 2.30. The molecule has 1 aromatic carbocycles. The van der Waals surface area contributed by atoms with E-state index in [4.69, 9.17) is 4.74 Å². The predicted octanol–water partition coefficient (Wildman–Crippen LogP) is 2.43. The molecule has 0 atom stereocenters. The highest BCUT2D eigenvalue weighted by atomic mass is 79.9. The van der Waals surface area contributed by atoms with Gasteiger partial charge in [0.15, 0.2) is 12.0 Å². The van der Waals surface area contributed by atoms with E-state index in [2.05, 4.69) is 15.9 Å². The fourth-order valence-corrected chi connectivity index (χ4v) is 1.24. The Balaban J connectivity index is 2.75. The summed E-state index contributed by atoms with van der Waals surface area (Å²) in [6.45, 7) is 0. The zero-order chi connectivity index (χ0) is 11.3. The Morgan fingerprint density at radius 2 is 1.93 bits per heavy atom.